The van der Waals surface area contributed by atoms with Crippen molar-refractivity contribution < 1.29 is 13.9 Å². The molecule has 26 heavy (non-hydrogen) atoms. The fourth-order valence-corrected chi connectivity index (χ4v) is 3.45. The fourth-order valence-electron chi connectivity index (χ4n) is 3.25. The SMILES string of the molecule is COC(C)(C)C(=O)N1CCCCC1c1ncc(Cc2ccccc2Cl)o1. The number of piperidine rings is 1. The Labute approximate surface area is 159 Å². The van der Waals surface area contributed by atoms with Crippen molar-refractivity contribution in [3.05, 3.63) is 52.7 Å². The van der Waals surface area contributed by atoms with Gasteiger partial charge < -0.3 is 14.1 Å². The van der Waals surface area contributed by atoms with E-state index >= 15 is 0 Å². The number of aromatic nitrogens is 1. The van der Waals surface area contributed by atoms with Gasteiger partial charge in [0.2, 0.25) is 5.89 Å². The summed E-state index contributed by atoms with van der Waals surface area (Å²) in [6.07, 6.45) is 5.19. The number of amides is 1. The molecule has 0 radical (unpaired) electrons. The molecule has 1 aliphatic heterocycles. The molecule has 1 aliphatic rings. The Morgan fingerprint density at radius 1 is 1.38 bits per heavy atom. The van der Waals surface area contributed by atoms with Crippen molar-refractivity contribution in [3.8, 4) is 0 Å². The predicted molar refractivity (Wildman–Crippen MR) is 100 cm³/mol. The minimum absolute atomic E-state index is 0.0319. The van der Waals surface area contributed by atoms with Crippen LogP contribution < -0.4 is 0 Å². The van der Waals surface area contributed by atoms with Crippen molar-refractivity contribution in [2.24, 2.45) is 0 Å². The largest absolute Gasteiger partial charge is 0.443 e. The Bertz CT molecular complexity index is 772. The minimum atomic E-state index is -0.859. The summed E-state index contributed by atoms with van der Waals surface area (Å²) in [7, 11) is 1.56. The van der Waals surface area contributed by atoms with Crippen LogP contribution in [0.3, 0.4) is 0 Å². The zero-order valence-corrected chi connectivity index (χ0v) is 16.3. The second-order valence-corrected chi connectivity index (χ2v) is 7.56. The van der Waals surface area contributed by atoms with E-state index in [-0.39, 0.29) is 11.9 Å². The van der Waals surface area contributed by atoms with E-state index in [1.54, 1.807) is 27.2 Å². The van der Waals surface area contributed by atoms with Gasteiger partial charge in [0.15, 0.2) is 0 Å². The first kappa shape index (κ1) is 18.9. The van der Waals surface area contributed by atoms with Gasteiger partial charge in [-0.15, -0.1) is 0 Å². The van der Waals surface area contributed by atoms with Crippen molar-refractivity contribution in [3.63, 3.8) is 0 Å². The van der Waals surface area contributed by atoms with Crippen LogP contribution in [0.2, 0.25) is 5.02 Å². The summed E-state index contributed by atoms with van der Waals surface area (Å²) in [5.41, 5.74) is 0.136. The quantitative estimate of drug-likeness (QED) is 0.776. The first-order valence-corrected chi connectivity index (χ1v) is 9.34. The lowest BCUT2D eigenvalue weighted by Gasteiger charge is -2.38. The Hall–Kier alpha value is -1.85. The average molecular weight is 377 g/mol. The fraction of sp³-hybridized carbons (Fsp3) is 0.500. The Balaban J connectivity index is 1.80. The van der Waals surface area contributed by atoms with Gasteiger partial charge in [0.1, 0.15) is 17.4 Å². The van der Waals surface area contributed by atoms with Crippen LogP contribution >= 0.6 is 11.6 Å². The number of benzene rings is 1. The van der Waals surface area contributed by atoms with E-state index in [0.717, 1.165) is 30.6 Å². The number of nitrogens with zero attached hydrogens (tertiary/aromatic N) is 2. The maximum absolute atomic E-state index is 12.9. The predicted octanol–water partition coefficient (Wildman–Crippen LogP) is 4.40. The van der Waals surface area contributed by atoms with Gasteiger partial charge in [-0.05, 0) is 44.7 Å². The van der Waals surface area contributed by atoms with Crippen LogP contribution in [0.25, 0.3) is 0 Å². The monoisotopic (exact) mass is 376 g/mol. The van der Waals surface area contributed by atoms with E-state index in [1.165, 1.54) is 0 Å². The summed E-state index contributed by atoms with van der Waals surface area (Å²) in [6.45, 7) is 4.28. The van der Waals surface area contributed by atoms with E-state index in [1.807, 2.05) is 29.2 Å². The van der Waals surface area contributed by atoms with Crippen molar-refractivity contribution in [1.29, 1.82) is 0 Å². The molecule has 0 bridgehead atoms. The lowest BCUT2D eigenvalue weighted by molar-refractivity contribution is -0.155. The van der Waals surface area contributed by atoms with Gasteiger partial charge in [-0.1, -0.05) is 29.8 Å². The third kappa shape index (κ3) is 3.94. The van der Waals surface area contributed by atoms with Crippen molar-refractivity contribution in [2.75, 3.05) is 13.7 Å². The normalized spacial score (nSPS) is 18.2. The molecule has 5 nitrogen and oxygen atoms in total. The number of methoxy groups -OCH3 is 1. The van der Waals surface area contributed by atoms with Crippen molar-refractivity contribution >= 4 is 17.5 Å². The summed E-state index contributed by atoms with van der Waals surface area (Å²) < 4.78 is 11.4. The summed E-state index contributed by atoms with van der Waals surface area (Å²) in [5, 5.41) is 0.710. The Kier molecular flexibility index (Phi) is 5.68. The number of oxazole rings is 1. The number of ether oxygens (including phenoxy) is 1. The number of likely N-dealkylation sites (tertiary alicyclic amines) is 1. The maximum atomic E-state index is 12.9. The maximum Gasteiger partial charge on any atom is 0.254 e. The highest BCUT2D eigenvalue weighted by molar-refractivity contribution is 6.31. The number of halogens is 1. The molecular formula is C20H25ClN2O3. The molecule has 2 aromatic rings. The Morgan fingerprint density at radius 3 is 2.88 bits per heavy atom. The lowest BCUT2D eigenvalue weighted by Crippen LogP contribution is -2.49. The second kappa shape index (κ2) is 7.80. The van der Waals surface area contributed by atoms with Gasteiger partial charge in [0.25, 0.3) is 5.91 Å². The molecule has 1 aromatic heterocycles. The van der Waals surface area contributed by atoms with E-state index < -0.39 is 5.60 Å². The molecule has 2 heterocycles. The van der Waals surface area contributed by atoms with Gasteiger partial charge in [-0.2, -0.15) is 0 Å². The van der Waals surface area contributed by atoms with Crippen molar-refractivity contribution in [2.45, 2.75) is 51.2 Å². The highest BCUT2D eigenvalue weighted by Crippen LogP contribution is 2.33. The smallest absolute Gasteiger partial charge is 0.254 e. The van der Waals surface area contributed by atoms with Gasteiger partial charge >= 0.3 is 0 Å². The van der Waals surface area contributed by atoms with Crippen LogP contribution in [0.15, 0.2) is 34.9 Å². The van der Waals surface area contributed by atoms with Crippen LogP contribution in [0.1, 0.15) is 56.4 Å². The summed E-state index contributed by atoms with van der Waals surface area (Å²) in [6, 6.07) is 7.55. The molecule has 1 fully saturated rings. The molecule has 0 saturated carbocycles. The molecular weight excluding hydrogens is 352 g/mol. The number of hydrogen-bond acceptors (Lipinski definition) is 4. The minimum Gasteiger partial charge on any atom is -0.443 e. The van der Waals surface area contributed by atoms with Gasteiger partial charge in [-0.3, -0.25) is 4.79 Å². The van der Waals surface area contributed by atoms with Crippen LogP contribution in [0.5, 0.6) is 0 Å². The molecule has 0 aliphatic carbocycles. The lowest BCUT2D eigenvalue weighted by atomic mass is 9.98. The number of carbonyl (C=O) groups is 1. The van der Waals surface area contributed by atoms with Crippen LogP contribution in [-0.4, -0.2) is 35.0 Å². The molecule has 3 rings (SSSR count). The molecule has 140 valence electrons. The first-order valence-electron chi connectivity index (χ1n) is 8.96. The molecule has 6 heteroatoms. The van der Waals surface area contributed by atoms with Gasteiger partial charge in [0.05, 0.1) is 6.20 Å². The van der Waals surface area contributed by atoms with Crippen LogP contribution in [0, 0.1) is 0 Å². The average Bonchev–Trinajstić information content (AvgIpc) is 3.11. The molecule has 1 amide bonds. The number of carbonyl (C=O) groups excluding carboxylic acids is 1. The second-order valence-electron chi connectivity index (χ2n) is 7.16. The first-order chi connectivity index (χ1) is 12.4. The Morgan fingerprint density at radius 2 is 2.15 bits per heavy atom. The molecule has 1 atom stereocenters. The van der Waals surface area contributed by atoms with E-state index in [9.17, 15) is 4.79 Å². The van der Waals surface area contributed by atoms with Crippen molar-refractivity contribution in [1.82, 2.24) is 9.88 Å². The molecule has 0 N–H and O–H groups in total. The third-order valence-corrected chi connectivity index (χ3v) is 5.34. The topological polar surface area (TPSA) is 55.6 Å². The zero-order chi connectivity index (χ0) is 18.7. The number of hydrogen-bond donors (Lipinski definition) is 0. The van der Waals surface area contributed by atoms with Crippen LogP contribution in [0.4, 0.5) is 0 Å². The summed E-state index contributed by atoms with van der Waals surface area (Å²) in [5.74, 6) is 1.31. The molecule has 1 aromatic carbocycles. The van der Waals surface area contributed by atoms with Crippen LogP contribution in [-0.2, 0) is 16.0 Å². The summed E-state index contributed by atoms with van der Waals surface area (Å²) in [4.78, 5) is 19.2. The van der Waals surface area contributed by atoms with E-state index in [2.05, 4.69) is 4.98 Å². The van der Waals surface area contributed by atoms with E-state index in [4.69, 9.17) is 20.8 Å². The highest BCUT2D eigenvalue weighted by atomic mass is 35.5. The zero-order valence-electron chi connectivity index (χ0n) is 15.5. The molecule has 1 saturated heterocycles. The third-order valence-electron chi connectivity index (χ3n) is 4.97. The standard InChI is InChI=1S/C20H25ClN2O3/c1-20(2,25-3)19(24)23-11-7-6-10-17(23)18-22-13-15(26-18)12-14-8-4-5-9-16(14)21/h4-5,8-9,13,17H,6-7,10-12H2,1-3H3. The van der Waals surface area contributed by atoms with E-state index in [0.29, 0.717) is 23.9 Å². The number of rotatable bonds is 5. The van der Waals surface area contributed by atoms with Gasteiger partial charge in [-0.25, -0.2) is 4.98 Å². The highest BCUT2D eigenvalue weighted by Gasteiger charge is 2.39. The molecule has 0 spiro atoms. The van der Waals surface area contributed by atoms with Gasteiger partial charge in [0, 0.05) is 25.1 Å². The summed E-state index contributed by atoms with van der Waals surface area (Å²) >= 11 is 6.23. The molecule has 1 unspecified atom stereocenters.